The first-order valence-corrected chi connectivity index (χ1v) is 5.93. The summed E-state index contributed by atoms with van der Waals surface area (Å²) >= 11 is 0. The Morgan fingerprint density at radius 1 is 1.25 bits per heavy atom. The van der Waals surface area contributed by atoms with Crippen molar-refractivity contribution >= 4 is 11.5 Å². The SMILES string of the molecule is O=C1c2ccccc2N2CC=CC12C1CC1. The minimum Gasteiger partial charge on any atom is -0.351 e. The van der Waals surface area contributed by atoms with Gasteiger partial charge in [0.25, 0.3) is 0 Å². The predicted molar refractivity (Wildman–Crippen MR) is 62.7 cm³/mol. The van der Waals surface area contributed by atoms with Gasteiger partial charge >= 0.3 is 0 Å². The van der Waals surface area contributed by atoms with Crippen molar-refractivity contribution in [1.82, 2.24) is 0 Å². The van der Waals surface area contributed by atoms with Crippen LogP contribution in [0.25, 0.3) is 0 Å². The number of fused-ring (bicyclic) bond motifs is 3. The maximum Gasteiger partial charge on any atom is 0.194 e. The number of rotatable bonds is 1. The van der Waals surface area contributed by atoms with Crippen LogP contribution in [0.5, 0.6) is 0 Å². The molecule has 0 amide bonds. The van der Waals surface area contributed by atoms with Crippen LogP contribution in [0.3, 0.4) is 0 Å². The molecule has 3 aliphatic rings. The lowest BCUT2D eigenvalue weighted by Crippen LogP contribution is -2.47. The average molecular weight is 211 g/mol. The molecular weight excluding hydrogens is 198 g/mol. The van der Waals surface area contributed by atoms with Gasteiger partial charge in [0.05, 0.1) is 0 Å². The van der Waals surface area contributed by atoms with Crippen molar-refractivity contribution in [2.45, 2.75) is 18.4 Å². The van der Waals surface area contributed by atoms with Crippen LogP contribution in [0.4, 0.5) is 5.69 Å². The van der Waals surface area contributed by atoms with E-state index < -0.39 is 0 Å². The summed E-state index contributed by atoms with van der Waals surface area (Å²) in [5, 5.41) is 0. The Morgan fingerprint density at radius 2 is 2.06 bits per heavy atom. The van der Waals surface area contributed by atoms with Crippen LogP contribution in [0.15, 0.2) is 36.4 Å². The van der Waals surface area contributed by atoms with Crippen LogP contribution in [0, 0.1) is 5.92 Å². The Labute approximate surface area is 94.6 Å². The molecule has 0 spiro atoms. The van der Waals surface area contributed by atoms with Gasteiger partial charge in [0.15, 0.2) is 5.78 Å². The van der Waals surface area contributed by atoms with E-state index in [4.69, 9.17) is 0 Å². The lowest BCUT2D eigenvalue weighted by Gasteiger charge is -2.31. The molecule has 0 aromatic heterocycles. The summed E-state index contributed by atoms with van der Waals surface area (Å²) in [5.74, 6) is 0.866. The lowest BCUT2D eigenvalue weighted by atomic mass is 9.88. The van der Waals surface area contributed by atoms with Crippen molar-refractivity contribution in [3.05, 3.63) is 42.0 Å². The molecule has 0 saturated heterocycles. The highest BCUT2D eigenvalue weighted by atomic mass is 16.1. The van der Waals surface area contributed by atoms with Gasteiger partial charge < -0.3 is 4.90 Å². The summed E-state index contributed by atoms with van der Waals surface area (Å²) < 4.78 is 0. The third-order valence-electron chi connectivity index (χ3n) is 4.11. The number of Topliss-reactive ketones (excluding diaryl/α,β-unsaturated/α-hetero) is 1. The summed E-state index contributed by atoms with van der Waals surface area (Å²) in [6.45, 7) is 0.888. The largest absolute Gasteiger partial charge is 0.351 e. The fourth-order valence-corrected chi connectivity index (χ4v) is 3.26. The van der Waals surface area contributed by atoms with Crippen LogP contribution in [-0.2, 0) is 0 Å². The zero-order valence-corrected chi connectivity index (χ0v) is 9.02. The van der Waals surface area contributed by atoms with Gasteiger partial charge in [-0.1, -0.05) is 24.3 Å². The molecule has 1 atom stereocenters. The van der Waals surface area contributed by atoms with Crippen LogP contribution in [0.2, 0.25) is 0 Å². The molecule has 2 aliphatic heterocycles. The highest BCUT2D eigenvalue weighted by molar-refractivity contribution is 6.16. The fraction of sp³-hybridized carbons (Fsp3) is 0.357. The van der Waals surface area contributed by atoms with E-state index in [1.54, 1.807) is 0 Å². The predicted octanol–water partition coefficient (Wildman–Crippen LogP) is 2.41. The molecule has 0 N–H and O–H groups in total. The number of anilines is 1. The van der Waals surface area contributed by atoms with E-state index in [1.807, 2.05) is 18.2 Å². The summed E-state index contributed by atoms with van der Waals surface area (Å²) in [7, 11) is 0. The normalized spacial score (nSPS) is 30.8. The Balaban J connectivity index is 1.96. The number of benzene rings is 1. The monoisotopic (exact) mass is 211 g/mol. The van der Waals surface area contributed by atoms with Crippen LogP contribution in [0.1, 0.15) is 23.2 Å². The van der Waals surface area contributed by atoms with Gasteiger partial charge in [0.1, 0.15) is 5.54 Å². The number of nitrogens with zero attached hydrogens (tertiary/aromatic N) is 1. The van der Waals surface area contributed by atoms with Gasteiger partial charge in [-0.25, -0.2) is 0 Å². The Bertz CT molecular complexity index is 515. The van der Waals surface area contributed by atoms with E-state index in [0.29, 0.717) is 11.7 Å². The van der Waals surface area contributed by atoms with Crippen molar-refractivity contribution in [3.63, 3.8) is 0 Å². The molecule has 2 heterocycles. The van der Waals surface area contributed by atoms with E-state index >= 15 is 0 Å². The molecule has 2 heteroatoms. The molecule has 0 bridgehead atoms. The smallest absolute Gasteiger partial charge is 0.194 e. The van der Waals surface area contributed by atoms with Gasteiger partial charge in [-0.2, -0.15) is 0 Å². The summed E-state index contributed by atoms with van der Waals surface area (Å²) in [6, 6.07) is 8.02. The molecule has 1 aromatic rings. The molecule has 80 valence electrons. The van der Waals surface area contributed by atoms with Crippen LogP contribution in [-0.4, -0.2) is 17.9 Å². The number of carbonyl (C=O) groups is 1. The van der Waals surface area contributed by atoms with Gasteiger partial charge in [-0.05, 0) is 30.9 Å². The second-order valence-electron chi connectivity index (χ2n) is 4.96. The van der Waals surface area contributed by atoms with Gasteiger partial charge in [0.2, 0.25) is 0 Å². The maximum absolute atomic E-state index is 12.6. The average Bonchev–Trinajstić information content (AvgIpc) is 3.03. The topological polar surface area (TPSA) is 20.3 Å². The molecule has 1 aromatic carbocycles. The summed E-state index contributed by atoms with van der Waals surface area (Å²) in [6.07, 6.45) is 6.68. The number of ketones is 1. The molecule has 1 fully saturated rings. The minimum absolute atomic E-state index is 0.302. The van der Waals surface area contributed by atoms with E-state index in [1.165, 1.54) is 12.8 Å². The first-order valence-electron chi connectivity index (χ1n) is 5.93. The summed E-state index contributed by atoms with van der Waals surface area (Å²) in [5.41, 5.74) is 1.74. The Kier molecular flexibility index (Phi) is 1.37. The second kappa shape index (κ2) is 2.57. The first kappa shape index (κ1) is 8.57. The molecule has 1 aliphatic carbocycles. The third-order valence-corrected chi connectivity index (χ3v) is 4.11. The standard InChI is InChI=1S/C14H13NO/c16-13-11-4-1-2-5-12(11)15-9-3-8-14(13,15)10-6-7-10/h1-5,8,10H,6-7,9H2. The lowest BCUT2D eigenvalue weighted by molar-refractivity contribution is 0.0922. The van der Waals surface area contributed by atoms with Gasteiger partial charge in [0, 0.05) is 17.8 Å². The van der Waals surface area contributed by atoms with Gasteiger partial charge in [-0.15, -0.1) is 0 Å². The molecular formula is C14H13NO. The van der Waals surface area contributed by atoms with Crippen molar-refractivity contribution in [1.29, 1.82) is 0 Å². The quantitative estimate of drug-likeness (QED) is 0.665. The molecule has 2 nitrogen and oxygen atoms in total. The molecule has 1 unspecified atom stereocenters. The Morgan fingerprint density at radius 3 is 2.88 bits per heavy atom. The molecule has 4 rings (SSSR count). The minimum atomic E-state index is -0.302. The first-order chi connectivity index (χ1) is 7.84. The zero-order valence-electron chi connectivity index (χ0n) is 9.02. The van der Waals surface area contributed by atoms with E-state index in [0.717, 1.165) is 17.8 Å². The van der Waals surface area contributed by atoms with Crippen LogP contribution < -0.4 is 4.90 Å². The highest BCUT2D eigenvalue weighted by Crippen LogP contribution is 2.53. The zero-order chi connectivity index (χ0) is 10.8. The maximum atomic E-state index is 12.6. The molecule has 1 saturated carbocycles. The third kappa shape index (κ3) is 0.787. The Hall–Kier alpha value is -1.57. The second-order valence-corrected chi connectivity index (χ2v) is 4.96. The van der Waals surface area contributed by atoms with Crippen molar-refractivity contribution in [2.24, 2.45) is 5.92 Å². The van der Waals surface area contributed by atoms with Crippen molar-refractivity contribution in [2.75, 3.05) is 11.4 Å². The molecule has 16 heavy (non-hydrogen) atoms. The van der Waals surface area contributed by atoms with E-state index in [-0.39, 0.29) is 5.54 Å². The number of carbonyl (C=O) groups excluding carboxylic acids is 1. The van der Waals surface area contributed by atoms with E-state index in [9.17, 15) is 4.79 Å². The molecule has 0 radical (unpaired) electrons. The summed E-state index contributed by atoms with van der Waals surface area (Å²) in [4.78, 5) is 14.9. The van der Waals surface area contributed by atoms with E-state index in [2.05, 4.69) is 23.1 Å². The number of hydrogen-bond acceptors (Lipinski definition) is 2. The van der Waals surface area contributed by atoms with Gasteiger partial charge in [-0.3, -0.25) is 4.79 Å². The van der Waals surface area contributed by atoms with Crippen LogP contribution >= 0.6 is 0 Å². The highest BCUT2D eigenvalue weighted by Gasteiger charge is 2.58. The number of hydrogen-bond donors (Lipinski definition) is 0. The fourth-order valence-electron chi connectivity index (χ4n) is 3.26. The van der Waals surface area contributed by atoms with Crippen molar-refractivity contribution in [3.8, 4) is 0 Å². The van der Waals surface area contributed by atoms with Crippen molar-refractivity contribution < 1.29 is 4.79 Å². The number of para-hydroxylation sites is 1.